The minimum absolute atomic E-state index is 0. The molecule has 5 N–H and O–H groups in total. The number of nitrogens with one attached hydrogen (secondary N) is 1. The van der Waals surface area contributed by atoms with Crippen molar-refractivity contribution in [3.63, 3.8) is 0 Å². The third-order valence-corrected chi connectivity index (χ3v) is 2.47. The molecule has 9 nitrogen and oxygen atoms in total. The van der Waals surface area contributed by atoms with Crippen molar-refractivity contribution in [2.24, 2.45) is 5.73 Å². The molecule has 122 valence electrons. The minimum atomic E-state index is -1.32. The molecule has 0 spiro atoms. The molecule has 0 aromatic rings. The van der Waals surface area contributed by atoms with Crippen molar-refractivity contribution in [2.75, 3.05) is 7.11 Å². The van der Waals surface area contributed by atoms with E-state index >= 15 is 0 Å². The molecule has 0 radical (unpaired) electrons. The zero-order chi connectivity index (χ0) is 15.7. The second kappa shape index (κ2) is 10.9. The second-order valence-electron chi connectivity index (χ2n) is 4.06. The molecule has 0 unspecified atom stereocenters. The van der Waals surface area contributed by atoms with Gasteiger partial charge in [0.25, 0.3) is 0 Å². The fourth-order valence-electron chi connectivity index (χ4n) is 1.35. The Morgan fingerprint density at radius 3 is 2.14 bits per heavy atom. The number of nitrogens with two attached hydrogens (primary N) is 1. The predicted octanol–water partition coefficient (Wildman–Crippen LogP) is -0.877. The molecule has 0 aliphatic rings. The number of carbonyl (C=O) groups is 4. The maximum atomic E-state index is 11.5. The molecule has 0 aromatic heterocycles. The summed E-state index contributed by atoms with van der Waals surface area (Å²) in [5, 5.41) is 19.5. The van der Waals surface area contributed by atoms with Crippen LogP contribution in [0, 0.1) is 0 Å². The number of carboxylic acids is 2. The molecule has 0 aromatic carbocycles. The number of hydrogen-bond acceptors (Lipinski definition) is 6. The van der Waals surface area contributed by atoms with Gasteiger partial charge in [0.05, 0.1) is 7.11 Å². The zero-order valence-electron chi connectivity index (χ0n) is 11.4. The molecule has 0 fully saturated rings. The van der Waals surface area contributed by atoms with Crippen molar-refractivity contribution in [3.8, 4) is 0 Å². The Bertz CT molecular complexity index is 389. The quantitative estimate of drug-likeness (QED) is 0.398. The first-order valence-corrected chi connectivity index (χ1v) is 5.85. The van der Waals surface area contributed by atoms with Crippen LogP contribution in [0.1, 0.15) is 25.7 Å². The van der Waals surface area contributed by atoms with E-state index in [1.807, 2.05) is 0 Å². The van der Waals surface area contributed by atoms with Gasteiger partial charge in [0.15, 0.2) is 0 Å². The lowest BCUT2D eigenvalue weighted by Gasteiger charge is -2.14. The fourth-order valence-corrected chi connectivity index (χ4v) is 1.35. The van der Waals surface area contributed by atoms with Gasteiger partial charge in [-0.3, -0.25) is 14.4 Å². The van der Waals surface area contributed by atoms with E-state index in [0.29, 0.717) is 0 Å². The molecular weight excluding hydrogens is 308 g/mol. The molecule has 1 amide bonds. The van der Waals surface area contributed by atoms with Crippen LogP contribution in [0.15, 0.2) is 0 Å². The van der Waals surface area contributed by atoms with Gasteiger partial charge in [0.2, 0.25) is 5.91 Å². The molecular formula is C11H19ClN2O7. The van der Waals surface area contributed by atoms with E-state index in [-0.39, 0.29) is 38.1 Å². The Balaban J connectivity index is 0. The number of methoxy groups -OCH3 is 1. The summed E-state index contributed by atoms with van der Waals surface area (Å²) in [5.74, 6) is -3.77. The average Bonchev–Trinajstić information content (AvgIpc) is 2.39. The molecule has 0 saturated carbocycles. The number of halogens is 1. The summed E-state index contributed by atoms with van der Waals surface area (Å²) in [6, 6.07) is -2.25. The number of rotatable bonds is 9. The van der Waals surface area contributed by atoms with E-state index in [1.54, 1.807) is 0 Å². The van der Waals surface area contributed by atoms with Crippen LogP contribution in [0.25, 0.3) is 0 Å². The minimum Gasteiger partial charge on any atom is -0.481 e. The molecule has 21 heavy (non-hydrogen) atoms. The maximum absolute atomic E-state index is 11.5. The summed E-state index contributed by atoms with van der Waals surface area (Å²) >= 11 is 0. The normalized spacial score (nSPS) is 12.5. The van der Waals surface area contributed by atoms with Crippen LogP contribution in [0.5, 0.6) is 0 Å². The number of aliphatic carboxylic acids is 2. The molecule has 0 heterocycles. The lowest BCUT2D eigenvalue weighted by atomic mass is 10.1. The Kier molecular flexibility index (Phi) is 11.1. The third-order valence-electron chi connectivity index (χ3n) is 2.47. The van der Waals surface area contributed by atoms with E-state index < -0.39 is 35.9 Å². The Labute approximate surface area is 127 Å². The molecule has 0 saturated heterocycles. The smallest absolute Gasteiger partial charge is 0.326 e. The first-order chi connectivity index (χ1) is 9.27. The van der Waals surface area contributed by atoms with Crippen molar-refractivity contribution in [3.05, 3.63) is 0 Å². The van der Waals surface area contributed by atoms with Gasteiger partial charge < -0.3 is 26.0 Å². The third kappa shape index (κ3) is 9.63. The summed E-state index contributed by atoms with van der Waals surface area (Å²) in [5.41, 5.74) is 5.42. The SMILES string of the molecule is COC(=O)[C@@H](N)CCC(=O)N[C@H](CCC(=O)O)C(=O)O.Cl. The summed E-state index contributed by atoms with van der Waals surface area (Å²) in [6.45, 7) is 0. The van der Waals surface area contributed by atoms with Crippen LogP contribution < -0.4 is 11.1 Å². The van der Waals surface area contributed by atoms with Crippen LogP contribution in [0.2, 0.25) is 0 Å². The molecule has 0 aliphatic heterocycles. The maximum Gasteiger partial charge on any atom is 0.326 e. The summed E-state index contributed by atoms with van der Waals surface area (Å²) < 4.78 is 4.37. The zero-order valence-corrected chi connectivity index (χ0v) is 12.2. The number of esters is 1. The van der Waals surface area contributed by atoms with E-state index in [4.69, 9.17) is 15.9 Å². The second-order valence-corrected chi connectivity index (χ2v) is 4.06. The highest BCUT2D eigenvalue weighted by Gasteiger charge is 2.22. The first-order valence-electron chi connectivity index (χ1n) is 5.85. The van der Waals surface area contributed by atoms with Crippen LogP contribution in [0.4, 0.5) is 0 Å². The number of carboxylic acid groups (broad SMARTS) is 2. The predicted molar refractivity (Wildman–Crippen MR) is 72.9 cm³/mol. The molecule has 0 bridgehead atoms. The Morgan fingerprint density at radius 2 is 1.71 bits per heavy atom. The lowest BCUT2D eigenvalue weighted by Crippen LogP contribution is -2.42. The Morgan fingerprint density at radius 1 is 1.14 bits per heavy atom. The van der Waals surface area contributed by atoms with Crippen molar-refractivity contribution in [1.29, 1.82) is 0 Å². The molecule has 0 aliphatic carbocycles. The fraction of sp³-hybridized carbons (Fsp3) is 0.636. The van der Waals surface area contributed by atoms with E-state index in [9.17, 15) is 19.2 Å². The van der Waals surface area contributed by atoms with Crippen LogP contribution in [0.3, 0.4) is 0 Å². The first kappa shape index (κ1) is 21.4. The van der Waals surface area contributed by atoms with Gasteiger partial charge in [0, 0.05) is 12.8 Å². The highest BCUT2D eigenvalue weighted by atomic mass is 35.5. The van der Waals surface area contributed by atoms with Gasteiger partial charge in [-0.15, -0.1) is 12.4 Å². The van der Waals surface area contributed by atoms with Gasteiger partial charge in [-0.25, -0.2) is 4.79 Å². The van der Waals surface area contributed by atoms with Crippen molar-refractivity contribution in [2.45, 2.75) is 37.8 Å². The van der Waals surface area contributed by atoms with Crippen molar-refractivity contribution >= 4 is 36.2 Å². The number of carbonyl (C=O) groups excluding carboxylic acids is 2. The highest BCUT2D eigenvalue weighted by Crippen LogP contribution is 2.01. The Hall–Kier alpha value is -1.87. The van der Waals surface area contributed by atoms with Crippen molar-refractivity contribution < 1.29 is 34.1 Å². The number of ether oxygens (including phenoxy) is 1. The van der Waals surface area contributed by atoms with Gasteiger partial charge in [-0.05, 0) is 12.8 Å². The lowest BCUT2D eigenvalue weighted by molar-refractivity contribution is -0.144. The van der Waals surface area contributed by atoms with Crippen molar-refractivity contribution in [1.82, 2.24) is 5.32 Å². The van der Waals surface area contributed by atoms with Gasteiger partial charge in [0.1, 0.15) is 12.1 Å². The largest absolute Gasteiger partial charge is 0.481 e. The van der Waals surface area contributed by atoms with Crippen LogP contribution in [-0.2, 0) is 23.9 Å². The van der Waals surface area contributed by atoms with Gasteiger partial charge >= 0.3 is 17.9 Å². The standard InChI is InChI=1S/C11H18N2O7.ClH/c1-20-11(19)6(12)2-4-8(14)13-7(10(17)18)3-5-9(15)16;/h6-7H,2-5,12H2,1H3,(H,13,14)(H,15,16)(H,17,18);1H/t6-,7+;/m0./s1. The number of hydrogen-bond donors (Lipinski definition) is 4. The van der Waals surface area contributed by atoms with Gasteiger partial charge in [-0.1, -0.05) is 0 Å². The van der Waals surface area contributed by atoms with E-state index in [2.05, 4.69) is 10.1 Å². The monoisotopic (exact) mass is 326 g/mol. The van der Waals surface area contributed by atoms with Crippen LogP contribution in [-0.4, -0.2) is 53.2 Å². The van der Waals surface area contributed by atoms with E-state index in [1.165, 1.54) is 0 Å². The number of amides is 1. The summed E-state index contributed by atoms with van der Waals surface area (Å²) in [4.78, 5) is 43.7. The topological polar surface area (TPSA) is 156 Å². The molecule has 0 rings (SSSR count). The van der Waals surface area contributed by atoms with Gasteiger partial charge in [-0.2, -0.15) is 0 Å². The summed E-state index contributed by atoms with van der Waals surface area (Å²) in [7, 11) is 1.16. The molecule has 2 atom stereocenters. The van der Waals surface area contributed by atoms with E-state index in [0.717, 1.165) is 7.11 Å². The molecule has 10 heteroatoms. The van der Waals surface area contributed by atoms with Crippen LogP contribution >= 0.6 is 12.4 Å². The average molecular weight is 327 g/mol. The highest BCUT2D eigenvalue weighted by molar-refractivity contribution is 5.85. The summed E-state index contributed by atoms with van der Waals surface area (Å²) in [6.07, 6.45) is -0.755.